The van der Waals surface area contributed by atoms with Gasteiger partial charge in [-0.1, -0.05) is 30.3 Å². The van der Waals surface area contributed by atoms with E-state index in [1.807, 2.05) is 32.0 Å². The van der Waals surface area contributed by atoms with Gasteiger partial charge in [0.1, 0.15) is 0 Å². The monoisotopic (exact) mass is 161 g/mol. The van der Waals surface area contributed by atoms with Crippen LogP contribution >= 0.6 is 0 Å². The van der Waals surface area contributed by atoms with E-state index in [-0.39, 0.29) is 6.04 Å². The molecule has 1 atom stereocenters. The van der Waals surface area contributed by atoms with E-state index in [4.69, 9.17) is 0 Å². The molecule has 1 rings (SSSR count). The van der Waals surface area contributed by atoms with Crippen molar-refractivity contribution in [1.29, 1.82) is 0 Å². The van der Waals surface area contributed by atoms with E-state index < -0.39 is 0 Å². The molecule has 0 bridgehead atoms. The molecule has 12 heavy (non-hydrogen) atoms. The fraction of sp³-hybridized carbons (Fsp3) is 0.364. The smallest absolute Gasteiger partial charge is 0.0719 e. The van der Waals surface area contributed by atoms with Gasteiger partial charge in [-0.15, -0.1) is 0 Å². The van der Waals surface area contributed by atoms with Crippen molar-refractivity contribution in [3.8, 4) is 0 Å². The van der Waals surface area contributed by atoms with Gasteiger partial charge in [0.25, 0.3) is 0 Å². The van der Waals surface area contributed by atoms with Crippen LogP contribution in [0.3, 0.4) is 0 Å². The summed E-state index contributed by atoms with van der Waals surface area (Å²) in [5.74, 6) is 0. The number of nitrogens with zero attached hydrogens (tertiary/aromatic N) is 1. The average molecular weight is 161 g/mol. The Balaban J connectivity index is 2.79. The van der Waals surface area contributed by atoms with E-state index in [0.29, 0.717) is 0 Å². The molecule has 0 N–H and O–H groups in total. The largest absolute Gasteiger partial charge is 0.287 e. The van der Waals surface area contributed by atoms with Crippen molar-refractivity contribution < 1.29 is 0 Å². The Bertz CT molecular complexity index is 258. The maximum atomic E-state index is 4.46. The standard InChI is InChI=1S/C11H15N/c1-9(2)12-10(3)11-7-5-4-6-8-11/h4-8,10H,1-3H3/t10-/m0/s1. The minimum atomic E-state index is 0.288. The molecule has 1 aromatic carbocycles. The first kappa shape index (κ1) is 8.98. The molecule has 1 heteroatoms. The van der Waals surface area contributed by atoms with E-state index in [2.05, 4.69) is 24.0 Å². The first-order valence-electron chi connectivity index (χ1n) is 4.26. The quantitative estimate of drug-likeness (QED) is 0.590. The van der Waals surface area contributed by atoms with Crippen molar-refractivity contribution in [3.05, 3.63) is 35.9 Å². The molecule has 0 saturated heterocycles. The highest BCUT2D eigenvalue weighted by molar-refractivity contribution is 5.79. The maximum absolute atomic E-state index is 4.46. The second-order valence-electron chi connectivity index (χ2n) is 3.16. The maximum Gasteiger partial charge on any atom is 0.0719 e. The Morgan fingerprint density at radius 1 is 1.17 bits per heavy atom. The molecule has 0 radical (unpaired) electrons. The van der Waals surface area contributed by atoms with E-state index in [0.717, 1.165) is 5.71 Å². The van der Waals surface area contributed by atoms with Gasteiger partial charge in [-0.2, -0.15) is 0 Å². The van der Waals surface area contributed by atoms with Crippen LogP contribution in [0.15, 0.2) is 35.3 Å². The number of aliphatic imine (C=N–C) groups is 1. The first-order valence-corrected chi connectivity index (χ1v) is 4.26. The summed E-state index contributed by atoms with van der Waals surface area (Å²) < 4.78 is 0. The molecular weight excluding hydrogens is 146 g/mol. The molecule has 0 saturated carbocycles. The third-order valence-corrected chi connectivity index (χ3v) is 1.73. The molecule has 0 aliphatic carbocycles. The van der Waals surface area contributed by atoms with Crippen molar-refractivity contribution in [2.24, 2.45) is 4.99 Å². The molecule has 64 valence electrons. The summed E-state index contributed by atoms with van der Waals surface area (Å²) in [6.07, 6.45) is 0. The number of rotatable bonds is 2. The van der Waals surface area contributed by atoms with Crippen LogP contribution in [0.1, 0.15) is 32.4 Å². The molecule has 1 aromatic rings. The highest BCUT2D eigenvalue weighted by Crippen LogP contribution is 2.15. The predicted molar refractivity (Wildman–Crippen MR) is 53.6 cm³/mol. The number of hydrogen-bond donors (Lipinski definition) is 0. The Morgan fingerprint density at radius 2 is 1.75 bits per heavy atom. The van der Waals surface area contributed by atoms with E-state index >= 15 is 0 Å². The summed E-state index contributed by atoms with van der Waals surface area (Å²) in [5.41, 5.74) is 2.41. The van der Waals surface area contributed by atoms with Gasteiger partial charge in [-0.3, -0.25) is 4.99 Å². The van der Waals surface area contributed by atoms with Crippen molar-refractivity contribution in [2.75, 3.05) is 0 Å². The molecular formula is C11H15N. The topological polar surface area (TPSA) is 12.4 Å². The molecule has 0 aliphatic rings. The van der Waals surface area contributed by atoms with E-state index in [1.54, 1.807) is 0 Å². The van der Waals surface area contributed by atoms with Crippen LogP contribution in [0.2, 0.25) is 0 Å². The van der Waals surface area contributed by atoms with Gasteiger partial charge in [-0.25, -0.2) is 0 Å². The summed E-state index contributed by atoms with van der Waals surface area (Å²) in [6, 6.07) is 10.6. The normalized spacial score (nSPS) is 12.2. The summed E-state index contributed by atoms with van der Waals surface area (Å²) in [6.45, 7) is 6.17. The van der Waals surface area contributed by atoms with Crippen LogP contribution in [0.25, 0.3) is 0 Å². The minimum absolute atomic E-state index is 0.288. The SMILES string of the molecule is CC(C)=N[C@@H](C)c1ccccc1. The minimum Gasteiger partial charge on any atom is -0.287 e. The van der Waals surface area contributed by atoms with Crippen molar-refractivity contribution in [3.63, 3.8) is 0 Å². The summed E-state index contributed by atoms with van der Waals surface area (Å²) in [5, 5.41) is 0. The van der Waals surface area contributed by atoms with Gasteiger partial charge in [-0.05, 0) is 26.3 Å². The van der Waals surface area contributed by atoms with E-state index in [9.17, 15) is 0 Å². The summed E-state index contributed by atoms with van der Waals surface area (Å²) in [4.78, 5) is 4.46. The lowest BCUT2D eigenvalue weighted by Crippen LogP contribution is -1.92. The molecule has 0 unspecified atom stereocenters. The molecule has 0 aromatic heterocycles. The lowest BCUT2D eigenvalue weighted by Gasteiger charge is -2.06. The fourth-order valence-electron chi connectivity index (χ4n) is 1.19. The van der Waals surface area contributed by atoms with Gasteiger partial charge >= 0.3 is 0 Å². The zero-order chi connectivity index (χ0) is 8.97. The average Bonchev–Trinajstić information content (AvgIpc) is 2.05. The summed E-state index contributed by atoms with van der Waals surface area (Å²) in [7, 11) is 0. The zero-order valence-electron chi connectivity index (χ0n) is 7.91. The summed E-state index contributed by atoms with van der Waals surface area (Å²) >= 11 is 0. The highest BCUT2D eigenvalue weighted by atomic mass is 14.8. The van der Waals surface area contributed by atoms with Gasteiger partial charge < -0.3 is 0 Å². The van der Waals surface area contributed by atoms with Crippen LogP contribution in [0.4, 0.5) is 0 Å². The van der Waals surface area contributed by atoms with Crippen LogP contribution < -0.4 is 0 Å². The second-order valence-corrected chi connectivity index (χ2v) is 3.16. The highest BCUT2D eigenvalue weighted by Gasteiger charge is 2.00. The lowest BCUT2D eigenvalue weighted by atomic mass is 10.1. The van der Waals surface area contributed by atoms with Crippen LogP contribution in [-0.4, -0.2) is 5.71 Å². The van der Waals surface area contributed by atoms with Gasteiger partial charge in [0, 0.05) is 5.71 Å². The first-order chi connectivity index (χ1) is 5.70. The zero-order valence-corrected chi connectivity index (χ0v) is 7.91. The van der Waals surface area contributed by atoms with Crippen molar-refractivity contribution in [2.45, 2.75) is 26.8 Å². The molecule has 1 nitrogen and oxygen atoms in total. The molecule has 0 aliphatic heterocycles. The molecule has 0 amide bonds. The lowest BCUT2D eigenvalue weighted by molar-refractivity contribution is 0.818. The fourth-order valence-corrected chi connectivity index (χ4v) is 1.19. The van der Waals surface area contributed by atoms with Crippen LogP contribution in [0, 0.1) is 0 Å². The van der Waals surface area contributed by atoms with E-state index in [1.165, 1.54) is 5.56 Å². The third-order valence-electron chi connectivity index (χ3n) is 1.73. The Morgan fingerprint density at radius 3 is 2.25 bits per heavy atom. The Kier molecular flexibility index (Phi) is 3.03. The Labute approximate surface area is 74.2 Å². The second kappa shape index (κ2) is 4.05. The van der Waals surface area contributed by atoms with Gasteiger partial charge in [0.15, 0.2) is 0 Å². The van der Waals surface area contributed by atoms with Crippen molar-refractivity contribution in [1.82, 2.24) is 0 Å². The van der Waals surface area contributed by atoms with Gasteiger partial charge in [0.05, 0.1) is 6.04 Å². The molecule has 0 spiro atoms. The van der Waals surface area contributed by atoms with Gasteiger partial charge in [0.2, 0.25) is 0 Å². The molecule has 0 fully saturated rings. The molecule has 0 heterocycles. The Hall–Kier alpha value is -1.11. The van der Waals surface area contributed by atoms with Crippen LogP contribution in [-0.2, 0) is 0 Å². The number of benzene rings is 1. The van der Waals surface area contributed by atoms with Crippen molar-refractivity contribution >= 4 is 5.71 Å². The number of hydrogen-bond acceptors (Lipinski definition) is 1. The third kappa shape index (κ3) is 2.50. The van der Waals surface area contributed by atoms with Crippen LogP contribution in [0.5, 0.6) is 0 Å². The predicted octanol–water partition coefficient (Wildman–Crippen LogP) is 3.23.